The van der Waals surface area contributed by atoms with E-state index in [0.29, 0.717) is 6.61 Å². The molecule has 0 aliphatic carbocycles. The van der Waals surface area contributed by atoms with Crippen LogP contribution in [0.3, 0.4) is 0 Å². The number of ether oxygens (including phenoxy) is 1. The number of halogens is 1. The maximum Gasteiger partial charge on any atom is 0.127 e. The molecule has 5 heteroatoms. The topological polar surface area (TPSA) is 35.9 Å². The van der Waals surface area contributed by atoms with E-state index < -0.39 is 0 Å². The first-order valence-electron chi connectivity index (χ1n) is 9.19. The molecule has 26 heavy (non-hydrogen) atoms. The zero-order chi connectivity index (χ0) is 17.3. The molecule has 1 aliphatic rings. The first kappa shape index (κ1) is 20.7. The Bertz CT molecular complexity index is 631. The van der Waals surface area contributed by atoms with E-state index in [1.165, 1.54) is 5.56 Å². The summed E-state index contributed by atoms with van der Waals surface area (Å²) in [7, 11) is 0. The lowest BCUT2D eigenvalue weighted by atomic mass is 10.1. The standard InChI is InChI=1S/C21H28N2O2.ClH/c24-17-6-11-22-12-14-23(15-13-22)16-18-25-21-10-5-4-9-20(21)19-7-2-1-3-8-19;/h1-5,7-10,24H,6,11-18H2;1H/p-1. The quantitative estimate of drug-likeness (QED) is 0.689. The van der Waals surface area contributed by atoms with Gasteiger partial charge in [0.05, 0.1) is 0 Å². The number of benzene rings is 2. The van der Waals surface area contributed by atoms with Crippen molar-refractivity contribution in [2.24, 2.45) is 0 Å². The van der Waals surface area contributed by atoms with Gasteiger partial charge in [-0.25, -0.2) is 0 Å². The van der Waals surface area contributed by atoms with Gasteiger partial charge in [0.25, 0.3) is 0 Å². The maximum absolute atomic E-state index is 8.92. The first-order chi connectivity index (χ1) is 12.4. The summed E-state index contributed by atoms with van der Waals surface area (Å²) in [6.45, 7) is 7.28. The molecule has 0 aromatic heterocycles. The highest BCUT2D eigenvalue weighted by molar-refractivity contribution is 5.70. The molecular weight excluding hydrogens is 348 g/mol. The van der Waals surface area contributed by atoms with Crippen LogP contribution in [-0.4, -0.2) is 67.4 Å². The third-order valence-electron chi connectivity index (χ3n) is 4.73. The number of para-hydroxylation sites is 1. The van der Waals surface area contributed by atoms with E-state index in [2.05, 4.69) is 52.3 Å². The molecular formula is C21H28ClN2O2-. The molecule has 0 radical (unpaired) electrons. The van der Waals surface area contributed by atoms with Crippen LogP contribution in [0.4, 0.5) is 0 Å². The van der Waals surface area contributed by atoms with Crippen LogP contribution in [0.15, 0.2) is 54.6 Å². The summed E-state index contributed by atoms with van der Waals surface area (Å²) < 4.78 is 6.10. The van der Waals surface area contributed by atoms with E-state index in [1.54, 1.807) is 0 Å². The number of aliphatic hydroxyl groups is 1. The van der Waals surface area contributed by atoms with Crippen LogP contribution < -0.4 is 17.1 Å². The van der Waals surface area contributed by atoms with Crippen molar-refractivity contribution in [2.75, 3.05) is 52.5 Å². The number of rotatable bonds is 8. The lowest BCUT2D eigenvalue weighted by Gasteiger charge is -2.34. The average molecular weight is 376 g/mol. The Morgan fingerprint density at radius 1 is 0.808 bits per heavy atom. The van der Waals surface area contributed by atoms with E-state index >= 15 is 0 Å². The van der Waals surface area contributed by atoms with Crippen LogP contribution in [0.2, 0.25) is 0 Å². The number of aliphatic hydroxyl groups excluding tert-OH is 1. The Balaban J connectivity index is 0.00000243. The largest absolute Gasteiger partial charge is 1.00 e. The van der Waals surface area contributed by atoms with Crippen molar-refractivity contribution in [3.63, 3.8) is 0 Å². The Labute approximate surface area is 162 Å². The minimum Gasteiger partial charge on any atom is -1.00 e. The number of hydrogen-bond acceptors (Lipinski definition) is 4. The minimum absolute atomic E-state index is 0. The number of nitrogens with zero attached hydrogens (tertiary/aromatic N) is 2. The van der Waals surface area contributed by atoms with Crippen LogP contribution in [0.25, 0.3) is 11.1 Å². The van der Waals surface area contributed by atoms with Crippen molar-refractivity contribution in [2.45, 2.75) is 6.42 Å². The monoisotopic (exact) mass is 375 g/mol. The van der Waals surface area contributed by atoms with E-state index in [0.717, 1.165) is 57.0 Å². The van der Waals surface area contributed by atoms with Gasteiger partial charge in [-0.15, -0.1) is 0 Å². The minimum atomic E-state index is 0. The number of piperazine rings is 1. The Morgan fingerprint density at radius 2 is 1.42 bits per heavy atom. The van der Waals surface area contributed by atoms with Gasteiger partial charge in [0.2, 0.25) is 0 Å². The van der Waals surface area contributed by atoms with Crippen LogP contribution in [0.5, 0.6) is 5.75 Å². The van der Waals surface area contributed by atoms with Gasteiger partial charge in [-0.1, -0.05) is 48.5 Å². The fraction of sp³-hybridized carbons (Fsp3) is 0.429. The molecule has 0 amide bonds. The second kappa shape index (κ2) is 11.2. The molecule has 1 fully saturated rings. The summed E-state index contributed by atoms with van der Waals surface area (Å²) in [5.74, 6) is 0.954. The SMILES string of the molecule is OCCCN1CCN(CCOc2ccccc2-c2ccccc2)CC1.[Cl-]. The second-order valence-electron chi connectivity index (χ2n) is 6.47. The fourth-order valence-corrected chi connectivity index (χ4v) is 3.26. The second-order valence-corrected chi connectivity index (χ2v) is 6.47. The molecule has 142 valence electrons. The van der Waals surface area contributed by atoms with Crippen LogP contribution in [-0.2, 0) is 0 Å². The smallest absolute Gasteiger partial charge is 0.127 e. The maximum atomic E-state index is 8.92. The molecule has 1 N–H and O–H groups in total. The first-order valence-corrected chi connectivity index (χ1v) is 9.19. The Morgan fingerprint density at radius 3 is 2.12 bits per heavy atom. The predicted octanol–water partition coefficient (Wildman–Crippen LogP) is -0.264. The lowest BCUT2D eigenvalue weighted by Crippen LogP contribution is -3.00. The third-order valence-corrected chi connectivity index (χ3v) is 4.73. The van der Waals surface area contributed by atoms with Crippen molar-refractivity contribution < 1.29 is 22.3 Å². The van der Waals surface area contributed by atoms with Crippen molar-refractivity contribution in [1.82, 2.24) is 9.80 Å². The molecule has 4 nitrogen and oxygen atoms in total. The molecule has 0 unspecified atom stereocenters. The summed E-state index contributed by atoms with van der Waals surface area (Å²) in [4.78, 5) is 4.89. The summed E-state index contributed by atoms with van der Waals surface area (Å²) in [5, 5.41) is 8.92. The van der Waals surface area contributed by atoms with Gasteiger partial charge in [-0.05, 0) is 18.1 Å². The predicted molar refractivity (Wildman–Crippen MR) is 102 cm³/mol. The normalized spacial score (nSPS) is 15.4. The van der Waals surface area contributed by atoms with Gasteiger partial charge in [0.15, 0.2) is 0 Å². The molecule has 0 spiro atoms. The van der Waals surface area contributed by atoms with Crippen LogP contribution >= 0.6 is 0 Å². The van der Waals surface area contributed by atoms with Gasteiger partial charge in [-0.2, -0.15) is 0 Å². The van der Waals surface area contributed by atoms with E-state index in [9.17, 15) is 0 Å². The lowest BCUT2D eigenvalue weighted by molar-refractivity contribution is -0.00000671. The van der Waals surface area contributed by atoms with Crippen molar-refractivity contribution in [3.8, 4) is 16.9 Å². The molecule has 2 aromatic rings. The summed E-state index contributed by atoms with van der Waals surface area (Å²) in [6.07, 6.45) is 0.874. The van der Waals surface area contributed by atoms with Gasteiger partial charge < -0.3 is 27.2 Å². The van der Waals surface area contributed by atoms with Gasteiger partial charge in [-0.3, -0.25) is 4.90 Å². The summed E-state index contributed by atoms with van der Waals surface area (Å²) in [6, 6.07) is 18.6. The molecule has 0 bridgehead atoms. The zero-order valence-corrected chi connectivity index (χ0v) is 15.9. The molecule has 0 saturated carbocycles. The van der Waals surface area contributed by atoms with E-state index in [4.69, 9.17) is 9.84 Å². The molecule has 1 aliphatic heterocycles. The van der Waals surface area contributed by atoms with Gasteiger partial charge in [0, 0.05) is 51.4 Å². The zero-order valence-electron chi connectivity index (χ0n) is 15.2. The van der Waals surface area contributed by atoms with Gasteiger partial charge >= 0.3 is 0 Å². The van der Waals surface area contributed by atoms with Crippen LogP contribution in [0.1, 0.15) is 6.42 Å². The highest BCUT2D eigenvalue weighted by atomic mass is 35.5. The Hall–Kier alpha value is -1.59. The molecule has 2 aromatic carbocycles. The van der Waals surface area contributed by atoms with E-state index in [1.807, 2.05) is 12.1 Å². The van der Waals surface area contributed by atoms with Crippen molar-refractivity contribution in [3.05, 3.63) is 54.6 Å². The molecule has 1 saturated heterocycles. The van der Waals surface area contributed by atoms with Gasteiger partial charge in [0.1, 0.15) is 12.4 Å². The molecule has 1 heterocycles. The van der Waals surface area contributed by atoms with Crippen molar-refractivity contribution in [1.29, 1.82) is 0 Å². The Kier molecular flexibility index (Phi) is 8.92. The number of hydrogen-bond donors (Lipinski definition) is 1. The molecule has 3 rings (SSSR count). The average Bonchev–Trinajstić information content (AvgIpc) is 2.68. The highest BCUT2D eigenvalue weighted by Crippen LogP contribution is 2.29. The van der Waals surface area contributed by atoms with Crippen molar-refractivity contribution >= 4 is 0 Å². The fourth-order valence-electron chi connectivity index (χ4n) is 3.26. The van der Waals surface area contributed by atoms with E-state index in [-0.39, 0.29) is 19.0 Å². The molecule has 0 atom stereocenters. The summed E-state index contributed by atoms with van der Waals surface area (Å²) >= 11 is 0. The van der Waals surface area contributed by atoms with Crippen LogP contribution in [0, 0.1) is 0 Å². The summed E-state index contributed by atoms with van der Waals surface area (Å²) in [5.41, 5.74) is 2.34. The highest BCUT2D eigenvalue weighted by Gasteiger charge is 2.16. The third kappa shape index (κ3) is 5.99.